The van der Waals surface area contributed by atoms with Crippen molar-refractivity contribution in [1.82, 2.24) is 19.9 Å². The average Bonchev–Trinajstić information content (AvgIpc) is 3.43. The summed E-state index contributed by atoms with van der Waals surface area (Å²) in [5.41, 5.74) is 2.23. The molecule has 0 spiro atoms. The Kier molecular flexibility index (Phi) is 7.29. The van der Waals surface area contributed by atoms with E-state index in [9.17, 15) is 5.11 Å². The fourth-order valence-corrected chi connectivity index (χ4v) is 5.76. The summed E-state index contributed by atoms with van der Waals surface area (Å²) in [6, 6.07) is 13.2. The Hall–Kier alpha value is -2.20. The summed E-state index contributed by atoms with van der Waals surface area (Å²) >= 11 is 14.3. The normalized spacial score (nSPS) is 17.1. The molecule has 0 bridgehead atoms. The zero-order chi connectivity index (χ0) is 24.5. The number of nitrogens with zero attached hydrogens (tertiary/aromatic N) is 4. The van der Waals surface area contributed by atoms with E-state index in [-0.39, 0.29) is 0 Å². The van der Waals surface area contributed by atoms with Gasteiger partial charge in [-0.2, -0.15) is 0 Å². The maximum Gasteiger partial charge on any atom is 0.178 e. The number of fused-ring (bicyclic) bond motifs is 1. The van der Waals surface area contributed by atoms with Crippen LogP contribution in [0, 0.1) is 6.92 Å². The summed E-state index contributed by atoms with van der Waals surface area (Å²) < 4.78 is 12.9. The van der Waals surface area contributed by atoms with E-state index < -0.39 is 12.3 Å². The van der Waals surface area contributed by atoms with Gasteiger partial charge in [0.1, 0.15) is 17.5 Å². The maximum atomic E-state index is 10.5. The number of aliphatic hydroxyl groups excluding tert-OH is 1. The number of aryl methyl sites for hydroxylation is 1. The molecule has 4 aromatic rings. The van der Waals surface area contributed by atoms with Crippen LogP contribution in [-0.4, -0.2) is 63.6 Å². The lowest BCUT2D eigenvalue weighted by atomic mass is 10.1. The van der Waals surface area contributed by atoms with Gasteiger partial charge >= 0.3 is 0 Å². The molecule has 1 aliphatic heterocycles. The molecule has 0 aliphatic carbocycles. The highest BCUT2D eigenvalue weighted by molar-refractivity contribution is 7.18. The molecule has 1 unspecified atom stereocenters. The number of aliphatic hydroxyl groups is 1. The van der Waals surface area contributed by atoms with Crippen LogP contribution in [0.3, 0.4) is 0 Å². The number of halogens is 2. The lowest BCUT2D eigenvalue weighted by molar-refractivity contribution is -0.0756. The van der Waals surface area contributed by atoms with Crippen molar-refractivity contribution in [3.05, 3.63) is 63.3 Å². The number of piperazine rings is 1. The molecule has 2 atom stereocenters. The van der Waals surface area contributed by atoms with Crippen LogP contribution in [0.2, 0.25) is 10.0 Å². The Balaban J connectivity index is 1.20. The lowest BCUT2D eigenvalue weighted by Gasteiger charge is -2.39. The van der Waals surface area contributed by atoms with Crippen molar-refractivity contribution in [3.8, 4) is 17.0 Å². The van der Waals surface area contributed by atoms with Gasteiger partial charge in [0.2, 0.25) is 0 Å². The molecule has 5 rings (SSSR count). The monoisotopic (exact) mass is 532 g/mol. The minimum Gasteiger partial charge on any atom is -0.472 e. The van der Waals surface area contributed by atoms with Crippen LogP contribution in [0.25, 0.3) is 21.5 Å². The highest BCUT2D eigenvalue weighted by Crippen LogP contribution is 2.34. The van der Waals surface area contributed by atoms with E-state index >= 15 is 0 Å². The first kappa shape index (κ1) is 24.5. The first-order valence-electron chi connectivity index (χ1n) is 11.5. The van der Waals surface area contributed by atoms with Gasteiger partial charge in [-0.3, -0.25) is 9.80 Å². The van der Waals surface area contributed by atoms with E-state index in [1.54, 1.807) is 36.5 Å². The Morgan fingerprint density at radius 3 is 2.57 bits per heavy atom. The fourth-order valence-electron chi connectivity index (χ4n) is 4.36. The Labute approximate surface area is 217 Å². The van der Waals surface area contributed by atoms with Crippen LogP contribution in [0.15, 0.2) is 47.0 Å². The van der Waals surface area contributed by atoms with Crippen LogP contribution in [0.1, 0.15) is 17.7 Å². The third-order valence-corrected chi connectivity index (χ3v) is 7.64. The van der Waals surface area contributed by atoms with Gasteiger partial charge in [-0.05, 0) is 38.1 Å². The molecule has 0 radical (unpaired) electrons. The van der Waals surface area contributed by atoms with E-state index in [1.165, 1.54) is 0 Å². The first-order valence-corrected chi connectivity index (χ1v) is 13.0. The number of aromatic nitrogens is 2. The summed E-state index contributed by atoms with van der Waals surface area (Å²) in [5.74, 6) is 1.46. The standard InChI is InChI=1S/C25H26Cl2N4O3S/c1-15(32)25(33-17-6-7-23-21(12-17)28-16(2)35-23)31-10-8-30(9-11-31)14-18-13-22(29-34-18)24-19(26)4-3-5-20(24)27/h3-7,12-13,15,25,32H,8-11,14H2,1-2H3/t15-,25?/m1/s1. The van der Waals surface area contributed by atoms with Crippen molar-refractivity contribution < 1.29 is 14.4 Å². The molecule has 3 heterocycles. The summed E-state index contributed by atoms with van der Waals surface area (Å²) in [4.78, 5) is 9.01. The zero-order valence-electron chi connectivity index (χ0n) is 19.4. The van der Waals surface area contributed by atoms with Crippen molar-refractivity contribution >= 4 is 44.8 Å². The quantitative estimate of drug-likeness (QED) is 0.338. The van der Waals surface area contributed by atoms with E-state index in [0.29, 0.717) is 33.6 Å². The smallest absolute Gasteiger partial charge is 0.178 e. The van der Waals surface area contributed by atoms with E-state index in [2.05, 4.69) is 19.9 Å². The number of benzene rings is 2. The van der Waals surface area contributed by atoms with Crippen molar-refractivity contribution in [1.29, 1.82) is 0 Å². The molecule has 7 nitrogen and oxygen atoms in total. The number of hydrogen-bond donors (Lipinski definition) is 1. The van der Waals surface area contributed by atoms with Gasteiger partial charge in [0.15, 0.2) is 12.0 Å². The molecular weight excluding hydrogens is 507 g/mol. The van der Waals surface area contributed by atoms with Crippen molar-refractivity contribution in [3.63, 3.8) is 0 Å². The third kappa shape index (κ3) is 5.48. The number of thiazole rings is 1. The van der Waals surface area contributed by atoms with Crippen LogP contribution in [0.5, 0.6) is 5.75 Å². The van der Waals surface area contributed by atoms with Crippen LogP contribution in [0.4, 0.5) is 0 Å². The molecule has 1 saturated heterocycles. The van der Waals surface area contributed by atoms with E-state index in [4.69, 9.17) is 32.5 Å². The summed E-state index contributed by atoms with van der Waals surface area (Å²) in [7, 11) is 0. The van der Waals surface area contributed by atoms with E-state index in [0.717, 1.165) is 47.2 Å². The molecule has 0 amide bonds. The Bertz CT molecular complexity index is 1300. The minimum absolute atomic E-state index is 0.437. The Morgan fingerprint density at radius 1 is 1.11 bits per heavy atom. The SMILES string of the molecule is Cc1nc2cc(OC([C@@H](C)O)N3CCN(Cc4cc(-c5c(Cl)cccc5Cl)no4)CC3)ccc2s1. The molecule has 10 heteroatoms. The summed E-state index contributed by atoms with van der Waals surface area (Å²) in [6.45, 7) is 7.51. The summed E-state index contributed by atoms with van der Waals surface area (Å²) in [6.07, 6.45) is -1.08. The van der Waals surface area contributed by atoms with Gasteiger partial charge in [0.25, 0.3) is 0 Å². The molecule has 2 aromatic carbocycles. The number of ether oxygens (including phenoxy) is 1. The second kappa shape index (κ2) is 10.4. The fraction of sp³-hybridized carbons (Fsp3) is 0.360. The highest BCUT2D eigenvalue weighted by atomic mass is 35.5. The van der Waals surface area contributed by atoms with Gasteiger partial charge in [-0.15, -0.1) is 11.3 Å². The average molecular weight is 533 g/mol. The molecule has 184 valence electrons. The predicted octanol–water partition coefficient (Wildman–Crippen LogP) is 5.47. The molecule has 1 fully saturated rings. The molecule has 0 saturated carbocycles. The molecule has 1 N–H and O–H groups in total. The largest absolute Gasteiger partial charge is 0.472 e. The third-order valence-electron chi connectivity index (χ3n) is 6.06. The minimum atomic E-state index is -0.647. The van der Waals surface area contributed by atoms with E-state index in [1.807, 2.05) is 31.2 Å². The molecule has 1 aliphatic rings. The van der Waals surface area contributed by atoms with Gasteiger partial charge < -0.3 is 14.4 Å². The molecular formula is C25H26Cl2N4O3S. The molecule has 2 aromatic heterocycles. The topological polar surface area (TPSA) is 74.9 Å². The van der Waals surface area contributed by atoms with Crippen LogP contribution < -0.4 is 4.74 Å². The van der Waals surface area contributed by atoms with Gasteiger partial charge in [0, 0.05) is 43.9 Å². The highest BCUT2D eigenvalue weighted by Gasteiger charge is 2.29. The number of hydrogen-bond acceptors (Lipinski definition) is 8. The van der Waals surface area contributed by atoms with Gasteiger partial charge in [-0.25, -0.2) is 4.98 Å². The first-order chi connectivity index (χ1) is 16.9. The number of rotatable bonds is 7. The lowest BCUT2D eigenvalue weighted by Crippen LogP contribution is -2.55. The zero-order valence-corrected chi connectivity index (χ0v) is 21.8. The second-order valence-corrected chi connectivity index (χ2v) is 10.7. The maximum absolute atomic E-state index is 10.5. The molecule has 35 heavy (non-hydrogen) atoms. The van der Waals surface area contributed by atoms with Gasteiger partial charge in [0.05, 0.1) is 31.8 Å². The van der Waals surface area contributed by atoms with Crippen molar-refractivity contribution in [2.24, 2.45) is 0 Å². The van der Waals surface area contributed by atoms with Gasteiger partial charge in [-0.1, -0.05) is 34.4 Å². The van der Waals surface area contributed by atoms with Crippen LogP contribution in [-0.2, 0) is 6.54 Å². The Morgan fingerprint density at radius 2 is 1.86 bits per heavy atom. The second-order valence-electron chi connectivity index (χ2n) is 8.70. The van der Waals surface area contributed by atoms with Crippen molar-refractivity contribution in [2.75, 3.05) is 26.2 Å². The predicted molar refractivity (Wildman–Crippen MR) is 139 cm³/mol. The summed E-state index contributed by atoms with van der Waals surface area (Å²) in [5, 5.41) is 16.7. The van der Waals surface area contributed by atoms with Crippen molar-refractivity contribution in [2.45, 2.75) is 32.7 Å². The van der Waals surface area contributed by atoms with Crippen LogP contribution >= 0.6 is 34.5 Å².